The summed E-state index contributed by atoms with van der Waals surface area (Å²) in [6, 6.07) is 14.1. The zero-order valence-electron chi connectivity index (χ0n) is 7.85. The van der Waals surface area contributed by atoms with Gasteiger partial charge in [0.25, 0.3) is 0 Å². The zero-order valence-corrected chi connectivity index (χ0v) is 8.67. The maximum absolute atomic E-state index is 5.59. The Hall–Kier alpha value is -1.28. The van der Waals surface area contributed by atoms with Crippen LogP contribution in [-0.4, -0.2) is 6.61 Å². The summed E-state index contributed by atoms with van der Waals surface area (Å²) in [5.41, 5.74) is 0. The monoisotopic (exact) mass is 204 g/mol. The number of para-hydroxylation sites is 1. The molecule has 0 N–H and O–H groups in total. The molecule has 0 bridgehead atoms. The first-order valence-electron chi connectivity index (χ1n) is 4.65. The van der Waals surface area contributed by atoms with Gasteiger partial charge in [-0.2, -0.15) is 0 Å². The summed E-state index contributed by atoms with van der Waals surface area (Å²) in [7, 11) is 0. The van der Waals surface area contributed by atoms with Crippen molar-refractivity contribution in [1.29, 1.82) is 0 Å². The minimum absolute atomic E-state index is 0.754. The number of benzene rings is 1. The topological polar surface area (TPSA) is 9.23 Å². The van der Waals surface area contributed by atoms with Gasteiger partial charge in [0.1, 0.15) is 5.75 Å². The predicted octanol–water partition coefficient (Wildman–Crippen LogP) is 3.37. The fourth-order valence-corrected chi connectivity index (χ4v) is 1.93. The van der Waals surface area contributed by atoms with E-state index >= 15 is 0 Å². The first kappa shape index (κ1) is 9.28. The molecule has 1 heterocycles. The van der Waals surface area contributed by atoms with E-state index in [1.54, 1.807) is 11.3 Å². The molecule has 0 saturated heterocycles. The third kappa shape index (κ3) is 2.60. The molecule has 2 heteroatoms. The number of rotatable bonds is 4. The Morgan fingerprint density at radius 2 is 1.86 bits per heavy atom. The Labute approximate surface area is 88.0 Å². The molecule has 0 spiro atoms. The molecule has 2 aromatic rings. The largest absolute Gasteiger partial charge is 0.493 e. The van der Waals surface area contributed by atoms with Gasteiger partial charge in [0.15, 0.2) is 0 Å². The average molecular weight is 204 g/mol. The van der Waals surface area contributed by atoms with Gasteiger partial charge in [-0.1, -0.05) is 24.3 Å². The van der Waals surface area contributed by atoms with Gasteiger partial charge in [-0.25, -0.2) is 0 Å². The number of hydrogen-bond acceptors (Lipinski definition) is 2. The molecule has 0 fully saturated rings. The Balaban J connectivity index is 1.79. The van der Waals surface area contributed by atoms with Crippen molar-refractivity contribution in [3.05, 3.63) is 52.7 Å². The summed E-state index contributed by atoms with van der Waals surface area (Å²) in [5.74, 6) is 0.948. The van der Waals surface area contributed by atoms with E-state index in [9.17, 15) is 0 Å². The van der Waals surface area contributed by atoms with Crippen molar-refractivity contribution in [2.24, 2.45) is 0 Å². The van der Waals surface area contributed by atoms with E-state index in [1.165, 1.54) is 4.88 Å². The number of hydrogen-bond donors (Lipinski definition) is 0. The predicted molar refractivity (Wildman–Crippen MR) is 60.0 cm³/mol. The van der Waals surface area contributed by atoms with Gasteiger partial charge in [-0.3, -0.25) is 0 Å². The summed E-state index contributed by atoms with van der Waals surface area (Å²) < 4.78 is 5.59. The third-order valence-corrected chi connectivity index (χ3v) is 2.88. The van der Waals surface area contributed by atoms with Gasteiger partial charge >= 0.3 is 0 Å². The van der Waals surface area contributed by atoms with Crippen LogP contribution in [-0.2, 0) is 6.42 Å². The highest BCUT2D eigenvalue weighted by molar-refractivity contribution is 7.09. The molecule has 1 nitrogen and oxygen atoms in total. The summed E-state index contributed by atoms with van der Waals surface area (Å²) in [6.45, 7) is 0.754. The van der Waals surface area contributed by atoms with Crippen LogP contribution in [0.1, 0.15) is 4.88 Å². The van der Waals surface area contributed by atoms with Crippen LogP contribution in [0.2, 0.25) is 0 Å². The fraction of sp³-hybridized carbons (Fsp3) is 0.167. The maximum atomic E-state index is 5.59. The molecule has 0 aliphatic heterocycles. The van der Waals surface area contributed by atoms with Crippen LogP contribution >= 0.6 is 11.3 Å². The number of thiophene rings is 1. The van der Waals surface area contributed by atoms with Crippen LogP contribution < -0.4 is 4.74 Å². The Kier molecular flexibility index (Phi) is 3.19. The van der Waals surface area contributed by atoms with E-state index in [-0.39, 0.29) is 0 Å². The molecule has 0 atom stereocenters. The second-order valence-corrected chi connectivity index (χ2v) is 4.02. The minimum Gasteiger partial charge on any atom is -0.493 e. The van der Waals surface area contributed by atoms with Crippen molar-refractivity contribution in [3.63, 3.8) is 0 Å². The Bertz CT molecular complexity index is 353. The lowest BCUT2D eigenvalue weighted by Crippen LogP contribution is -1.99. The van der Waals surface area contributed by atoms with Crippen molar-refractivity contribution in [2.45, 2.75) is 6.42 Å². The lowest BCUT2D eigenvalue weighted by Gasteiger charge is -2.03. The normalized spacial score (nSPS) is 10.0. The Morgan fingerprint density at radius 3 is 2.57 bits per heavy atom. The van der Waals surface area contributed by atoms with Gasteiger partial charge in [0.05, 0.1) is 6.61 Å². The second-order valence-electron chi connectivity index (χ2n) is 2.99. The second kappa shape index (κ2) is 4.82. The minimum atomic E-state index is 0.754. The van der Waals surface area contributed by atoms with Crippen LogP contribution in [0.3, 0.4) is 0 Å². The molecule has 72 valence electrons. The molecule has 1 aromatic carbocycles. The SMILES string of the molecule is c1ccc(OCCc2cccs2)cc1. The molecule has 0 aliphatic carbocycles. The highest BCUT2D eigenvalue weighted by Gasteiger charge is 1.94. The molecule has 0 aliphatic rings. The maximum Gasteiger partial charge on any atom is 0.119 e. The van der Waals surface area contributed by atoms with Crippen LogP contribution in [0.4, 0.5) is 0 Å². The molecule has 1 aromatic heterocycles. The Morgan fingerprint density at radius 1 is 1.00 bits per heavy atom. The third-order valence-electron chi connectivity index (χ3n) is 1.94. The van der Waals surface area contributed by atoms with Gasteiger partial charge < -0.3 is 4.74 Å². The molecule has 0 radical (unpaired) electrons. The van der Waals surface area contributed by atoms with Crippen LogP contribution in [0.5, 0.6) is 5.75 Å². The first-order chi connectivity index (χ1) is 6.95. The van der Waals surface area contributed by atoms with Crippen molar-refractivity contribution >= 4 is 11.3 Å². The van der Waals surface area contributed by atoms with Crippen molar-refractivity contribution in [1.82, 2.24) is 0 Å². The number of ether oxygens (including phenoxy) is 1. The van der Waals surface area contributed by atoms with E-state index < -0.39 is 0 Å². The molecule has 2 rings (SSSR count). The van der Waals surface area contributed by atoms with Crippen LogP contribution in [0.25, 0.3) is 0 Å². The average Bonchev–Trinajstić information content (AvgIpc) is 2.72. The smallest absolute Gasteiger partial charge is 0.119 e. The molecule has 0 unspecified atom stereocenters. The van der Waals surface area contributed by atoms with Crippen molar-refractivity contribution in [3.8, 4) is 5.75 Å². The van der Waals surface area contributed by atoms with E-state index in [0.29, 0.717) is 0 Å². The molecule has 14 heavy (non-hydrogen) atoms. The summed E-state index contributed by atoms with van der Waals surface area (Å²) in [6.07, 6.45) is 0.993. The van der Waals surface area contributed by atoms with Gasteiger partial charge in [0.2, 0.25) is 0 Å². The molecular weight excluding hydrogens is 192 g/mol. The highest BCUT2D eigenvalue weighted by atomic mass is 32.1. The fourth-order valence-electron chi connectivity index (χ4n) is 1.24. The van der Waals surface area contributed by atoms with Crippen molar-refractivity contribution in [2.75, 3.05) is 6.61 Å². The summed E-state index contributed by atoms with van der Waals surface area (Å²) >= 11 is 1.78. The lowest BCUT2D eigenvalue weighted by atomic mass is 10.3. The molecule has 0 amide bonds. The van der Waals surface area contributed by atoms with Gasteiger partial charge in [-0.15, -0.1) is 11.3 Å². The van der Waals surface area contributed by atoms with E-state index in [2.05, 4.69) is 17.5 Å². The van der Waals surface area contributed by atoms with Gasteiger partial charge in [-0.05, 0) is 23.6 Å². The van der Waals surface area contributed by atoms with Gasteiger partial charge in [0, 0.05) is 11.3 Å². The zero-order chi connectivity index (χ0) is 9.64. The van der Waals surface area contributed by atoms with E-state index in [4.69, 9.17) is 4.74 Å². The quantitative estimate of drug-likeness (QED) is 0.742. The van der Waals surface area contributed by atoms with Crippen LogP contribution in [0, 0.1) is 0 Å². The van der Waals surface area contributed by atoms with E-state index in [0.717, 1.165) is 18.8 Å². The molecule has 0 saturated carbocycles. The lowest BCUT2D eigenvalue weighted by molar-refractivity contribution is 0.323. The molecular formula is C12H12OS. The first-order valence-corrected chi connectivity index (χ1v) is 5.53. The van der Waals surface area contributed by atoms with Crippen molar-refractivity contribution < 1.29 is 4.74 Å². The van der Waals surface area contributed by atoms with E-state index in [1.807, 2.05) is 30.3 Å². The standard InChI is InChI=1S/C12H12OS/c1-2-5-11(6-3-1)13-9-8-12-7-4-10-14-12/h1-7,10H,8-9H2. The summed E-state index contributed by atoms with van der Waals surface area (Å²) in [5, 5.41) is 2.10. The summed E-state index contributed by atoms with van der Waals surface area (Å²) in [4.78, 5) is 1.38. The van der Waals surface area contributed by atoms with Crippen LogP contribution in [0.15, 0.2) is 47.8 Å². The highest BCUT2D eigenvalue weighted by Crippen LogP contribution is 2.12.